The lowest BCUT2D eigenvalue weighted by molar-refractivity contribution is -0.117. The largest absolute Gasteiger partial charge is 0.508 e. The standard InChI is InChI=1S/C20H18IN5O2/c21-15-11-22-20(23-13-7-9-14(27)10-8-13)26-18(15)24-16-3-1-2-4-17(16)25-19(28)12-5-6-12/h1-4,7-12,27H,5-6H2,(H,25,28)(H2,22,23,24,26). The van der Waals surface area contributed by atoms with Gasteiger partial charge in [-0.25, -0.2) is 4.98 Å². The van der Waals surface area contributed by atoms with Crippen LogP contribution in [0.25, 0.3) is 0 Å². The van der Waals surface area contributed by atoms with Gasteiger partial charge in [0.25, 0.3) is 0 Å². The molecule has 1 aliphatic rings. The minimum Gasteiger partial charge on any atom is -0.508 e. The molecule has 0 aliphatic heterocycles. The van der Waals surface area contributed by atoms with E-state index < -0.39 is 0 Å². The van der Waals surface area contributed by atoms with Gasteiger partial charge in [0.2, 0.25) is 11.9 Å². The first kappa shape index (κ1) is 18.5. The molecule has 0 saturated heterocycles. The van der Waals surface area contributed by atoms with Crippen LogP contribution < -0.4 is 16.0 Å². The van der Waals surface area contributed by atoms with Gasteiger partial charge in [0.15, 0.2) is 0 Å². The summed E-state index contributed by atoms with van der Waals surface area (Å²) < 4.78 is 0.845. The monoisotopic (exact) mass is 487 g/mol. The van der Waals surface area contributed by atoms with Gasteiger partial charge in [0, 0.05) is 17.8 Å². The summed E-state index contributed by atoms with van der Waals surface area (Å²) in [4.78, 5) is 21.0. The Balaban J connectivity index is 1.54. The Morgan fingerprint density at radius 3 is 2.46 bits per heavy atom. The second-order valence-electron chi connectivity index (χ2n) is 6.50. The molecule has 1 fully saturated rings. The average molecular weight is 487 g/mol. The van der Waals surface area contributed by atoms with Gasteiger partial charge in [-0.05, 0) is 71.8 Å². The van der Waals surface area contributed by atoms with Crippen LogP contribution in [0.15, 0.2) is 54.7 Å². The number of halogens is 1. The van der Waals surface area contributed by atoms with Crippen molar-refractivity contribution < 1.29 is 9.90 Å². The third-order valence-electron chi connectivity index (χ3n) is 4.25. The van der Waals surface area contributed by atoms with Gasteiger partial charge >= 0.3 is 0 Å². The molecular weight excluding hydrogens is 469 g/mol. The predicted molar refractivity (Wildman–Crippen MR) is 117 cm³/mol. The number of hydrogen-bond acceptors (Lipinski definition) is 6. The zero-order chi connectivity index (χ0) is 19.5. The Hall–Kier alpha value is -2.88. The predicted octanol–water partition coefficient (Wildman–Crippen LogP) is 4.62. The van der Waals surface area contributed by atoms with Crippen molar-refractivity contribution in [2.75, 3.05) is 16.0 Å². The number of anilines is 5. The summed E-state index contributed by atoms with van der Waals surface area (Å²) in [6, 6.07) is 14.2. The first-order chi connectivity index (χ1) is 13.6. The van der Waals surface area contributed by atoms with E-state index in [1.165, 1.54) is 0 Å². The summed E-state index contributed by atoms with van der Waals surface area (Å²) in [6.45, 7) is 0. The highest BCUT2D eigenvalue weighted by Gasteiger charge is 2.29. The first-order valence-corrected chi connectivity index (χ1v) is 9.92. The molecule has 0 unspecified atom stereocenters. The summed E-state index contributed by atoms with van der Waals surface area (Å²) in [5.41, 5.74) is 2.26. The van der Waals surface area contributed by atoms with Gasteiger partial charge in [0.05, 0.1) is 14.9 Å². The number of rotatable bonds is 6. The van der Waals surface area contributed by atoms with Crippen LogP contribution in [0.3, 0.4) is 0 Å². The molecule has 0 radical (unpaired) electrons. The van der Waals surface area contributed by atoms with Gasteiger partial charge in [-0.15, -0.1) is 0 Å². The zero-order valence-corrected chi connectivity index (χ0v) is 17.0. The van der Waals surface area contributed by atoms with E-state index in [0.29, 0.717) is 11.8 Å². The fourth-order valence-electron chi connectivity index (χ4n) is 2.60. The van der Waals surface area contributed by atoms with Crippen LogP contribution in [0.4, 0.5) is 28.8 Å². The molecule has 7 nitrogen and oxygen atoms in total. The number of nitrogens with one attached hydrogen (secondary N) is 3. The van der Waals surface area contributed by atoms with E-state index in [1.54, 1.807) is 30.5 Å². The Labute approximate surface area is 175 Å². The second-order valence-corrected chi connectivity index (χ2v) is 7.66. The van der Waals surface area contributed by atoms with Crippen molar-refractivity contribution in [3.05, 3.63) is 58.3 Å². The number of phenols is 1. The summed E-state index contributed by atoms with van der Waals surface area (Å²) in [5, 5.41) is 18.8. The Kier molecular flexibility index (Phi) is 5.29. The third kappa shape index (κ3) is 4.50. The van der Waals surface area contributed by atoms with Crippen molar-refractivity contribution in [3.63, 3.8) is 0 Å². The number of phenolic OH excluding ortho intramolecular Hbond substituents is 1. The third-order valence-corrected chi connectivity index (χ3v) is 5.04. The Morgan fingerprint density at radius 1 is 1.04 bits per heavy atom. The minimum absolute atomic E-state index is 0.0568. The molecule has 2 aromatic carbocycles. The van der Waals surface area contributed by atoms with Crippen molar-refractivity contribution in [1.29, 1.82) is 0 Å². The molecule has 1 saturated carbocycles. The highest BCUT2D eigenvalue weighted by atomic mass is 127. The molecule has 28 heavy (non-hydrogen) atoms. The van der Waals surface area contributed by atoms with Gasteiger partial charge in [-0.1, -0.05) is 12.1 Å². The molecule has 3 aromatic rings. The van der Waals surface area contributed by atoms with Crippen LogP contribution in [0.1, 0.15) is 12.8 Å². The molecular formula is C20H18IN5O2. The molecule has 8 heteroatoms. The highest BCUT2D eigenvalue weighted by molar-refractivity contribution is 14.1. The van der Waals surface area contributed by atoms with E-state index in [0.717, 1.165) is 33.5 Å². The molecule has 4 N–H and O–H groups in total. The van der Waals surface area contributed by atoms with Gasteiger partial charge in [0.1, 0.15) is 11.6 Å². The van der Waals surface area contributed by atoms with Crippen LogP contribution in [0, 0.1) is 9.49 Å². The van der Waals surface area contributed by atoms with Crippen LogP contribution in [0.5, 0.6) is 5.75 Å². The maximum atomic E-state index is 12.1. The van der Waals surface area contributed by atoms with Crippen molar-refractivity contribution >= 4 is 57.3 Å². The van der Waals surface area contributed by atoms with Crippen molar-refractivity contribution in [1.82, 2.24) is 9.97 Å². The van der Waals surface area contributed by atoms with E-state index in [9.17, 15) is 9.90 Å². The molecule has 142 valence electrons. The average Bonchev–Trinajstić information content (AvgIpc) is 3.53. The molecule has 1 amide bonds. The van der Waals surface area contributed by atoms with Crippen molar-refractivity contribution in [3.8, 4) is 5.75 Å². The number of aromatic hydroxyl groups is 1. The second kappa shape index (κ2) is 8.01. The summed E-state index contributed by atoms with van der Waals surface area (Å²) in [7, 11) is 0. The quantitative estimate of drug-likeness (QED) is 0.299. The van der Waals surface area contributed by atoms with Crippen molar-refractivity contribution in [2.24, 2.45) is 5.92 Å². The highest BCUT2D eigenvalue weighted by Crippen LogP contribution is 2.33. The molecule has 1 aliphatic carbocycles. The molecule has 0 bridgehead atoms. The van der Waals surface area contributed by atoms with Crippen molar-refractivity contribution in [2.45, 2.75) is 12.8 Å². The zero-order valence-electron chi connectivity index (χ0n) is 14.8. The SMILES string of the molecule is O=C(Nc1ccccc1Nc1nc(Nc2ccc(O)cc2)ncc1I)C1CC1. The maximum Gasteiger partial charge on any atom is 0.229 e. The van der Waals surface area contributed by atoms with Crippen LogP contribution >= 0.6 is 22.6 Å². The minimum atomic E-state index is 0.0568. The van der Waals surface area contributed by atoms with Crippen LogP contribution in [-0.4, -0.2) is 21.0 Å². The van der Waals surface area contributed by atoms with E-state index in [4.69, 9.17) is 0 Å². The number of aromatic nitrogens is 2. The van der Waals surface area contributed by atoms with Crippen LogP contribution in [-0.2, 0) is 4.79 Å². The van der Waals surface area contributed by atoms with Crippen LogP contribution in [0.2, 0.25) is 0 Å². The number of para-hydroxylation sites is 2. The summed E-state index contributed by atoms with van der Waals surface area (Å²) >= 11 is 2.16. The molecule has 1 heterocycles. The normalized spacial score (nSPS) is 13.0. The number of nitrogens with zero attached hydrogens (tertiary/aromatic N) is 2. The lowest BCUT2D eigenvalue weighted by Gasteiger charge is -2.14. The smallest absolute Gasteiger partial charge is 0.229 e. The van der Waals surface area contributed by atoms with E-state index >= 15 is 0 Å². The number of benzene rings is 2. The maximum absolute atomic E-state index is 12.1. The lowest BCUT2D eigenvalue weighted by atomic mass is 10.2. The first-order valence-electron chi connectivity index (χ1n) is 8.84. The van der Waals surface area contributed by atoms with E-state index in [1.807, 2.05) is 24.3 Å². The fourth-order valence-corrected chi connectivity index (χ4v) is 2.99. The number of carbonyl (C=O) groups is 1. The Bertz CT molecular complexity index is 1010. The summed E-state index contributed by atoms with van der Waals surface area (Å²) in [6.07, 6.45) is 3.62. The molecule has 1 aromatic heterocycles. The lowest BCUT2D eigenvalue weighted by Crippen LogP contribution is -2.14. The number of amides is 1. The summed E-state index contributed by atoms with van der Waals surface area (Å²) in [5.74, 6) is 1.44. The van der Waals surface area contributed by atoms with Gasteiger partial charge in [-0.3, -0.25) is 4.79 Å². The van der Waals surface area contributed by atoms with E-state index in [2.05, 4.69) is 48.5 Å². The number of hydrogen-bond donors (Lipinski definition) is 4. The molecule has 0 spiro atoms. The van der Waals surface area contributed by atoms with Gasteiger partial charge < -0.3 is 21.1 Å². The molecule has 4 rings (SSSR count). The number of carbonyl (C=O) groups excluding carboxylic acids is 1. The fraction of sp³-hybridized carbons (Fsp3) is 0.150. The molecule has 0 atom stereocenters. The van der Waals surface area contributed by atoms with E-state index in [-0.39, 0.29) is 17.6 Å². The topological polar surface area (TPSA) is 99.2 Å². The van der Waals surface area contributed by atoms with Gasteiger partial charge in [-0.2, -0.15) is 4.98 Å². The Morgan fingerprint density at radius 2 is 1.75 bits per heavy atom.